The average Bonchev–Trinajstić information content (AvgIpc) is 3.26. The Morgan fingerprint density at radius 2 is 0.767 bits per heavy atom. The molecule has 1 aromatic rings. The molecule has 0 N–H and O–H groups in total. The minimum Gasteiger partial charge on any atom is 4.00 e. The van der Waals surface area contributed by atoms with Crippen LogP contribution in [0.4, 0.5) is 0 Å². The van der Waals surface area contributed by atoms with Crippen molar-refractivity contribution in [3.8, 4) is 0 Å². The largest absolute Gasteiger partial charge is 4.00 e. The molecule has 0 fully saturated rings. The van der Waals surface area contributed by atoms with Crippen molar-refractivity contribution in [2.24, 2.45) is 0 Å². The van der Waals surface area contributed by atoms with Gasteiger partial charge in [0.2, 0.25) is 0 Å². The van der Waals surface area contributed by atoms with Crippen molar-refractivity contribution in [2.45, 2.75) is 91.6 Å². The standard InChI is InChI=1S/C7H11Ge.3C6H14N.Zr/c1-8(2)7-5-3-4-6-7;3*1-3-5-7-6-4-2;/h3-6,8H,1-2H3;3*3-6H2,1-2H3;/q4*-1;+4. The third-order valence-electron chi connectivity index (χ3n) is 3.65. The summed E-state index contributed by atoms with van der Waals surface area (Å²) in [5.74, 6) is 4.78. The molecule has 5 heteroatoms. The first-order valence-electron chi connectivity index (χ1n) is 12.2. The fourth-order valence-electron chi connectivity index (χ4n) is 2.06. The third kappa shape index (κ3) is 39.2. The van der Waals surface area contributed by atoms with Crippen molar-refractivity contribution in [3.63, 3.8) is 0 Å². The molecule has 30 heavy (non-hydrogen) atoms. The maximum Gasteiger partial charge on any atom is 4.00 e. The van der Waals surface area contributed by atoms with Gasteiger partial charge in [-0.2, -0.15) is 0 Å². The second-order valence-corrected chi connectivity index (χ2v) is 13.6. The van der Waals surface area contributed by atoms with Crippen molar-refractivity contribution in [1.29, 1.82) is 0 Å². The molecule has 0 amide bonds. The molecule has 0 aliphatic carbocycles. The molecule has 0 saturated heterocycles. The molecule has 0 radical (unpaired) electrons. The minimum atomic E-state index is -0.888. The van der Waals surface area contributed by atoms with Gasteiger partial charge in [-0.1, -0.05) is 80.1 Å². The number of nitrogens with zero attached hydrogens (tertiary/aromatic N) is 3. The molecule has 0 unspecified atom stereocenters. The van der Waals surface area contributed by atoms with Crippen LogP contribution in [0.2, 0.25) is 11.5 Å². The van der Waals surface area contributed by atoms with Crippen molar-refractivity contribution in [1.82, 2.24) is 0 Å². The van der Waals surface area contributed by atoms with Crippen LogP contribution >= 0.6 is 0 Å². The van der Waals surface area contributed by atoms with Crippen LogP contribution in [0.5, 0.6) is 0 Å². The van der Waals surface area contributed by atoms with Gasteiger partial charge in [-0.3, -0.25) is 0 Å². The van der Waals surface area contributed by atoms with Crippen LogP contribution in [-0.2, 0) is 26.2 Å². The van der Waals surface area contributed by atoms with E-state index in [1.165, 1.54) is 38.5 Å². The maximum absolute atomic E-state index is 4.21. The van der Waals surface area contributed by atoms with Gasteiger partial charge in [0.25, 0.3) is 0 Å². The van der Waals surface area contributed by atoms with E-state index in [9.17, 15) is 0 Å². The van der Waals surface area contributed by atoms with E-state index >= 15 is 0 Å². The van der Waals surface area contributed by atoms with E-state index in [4.69, 9.17) is 0 Å². The fourth-order valence-corrected chi connectivity index (χ4v) is 4.14. The summed E-state index contributed by atoms with van der Waals surface area (Å²) in [6.45, 7) is 19.2. The molecular formula is C25H53GeN3Zr. The summed E-state index contributed by atoms with van der Waals surface area (Å²) in [6, 6.07) is 8.73. The fraction of sp³-hybridized carbons (Fsp3) is 0.800. The van der Waals surface area contributed by atoms with E-state index in [1.54, 1.807) is 4.40 Å². The van der Waals surface area contributed by atoms with Crippen LogP contribution in [-0.4, -0.2) is 53.6 Å². The summed E-state index contributed by atoms with van der Waals surface area (Å²) in [5.41, 5.74) is 0. The average molecular weight is 560 g/mol. The number of hydrogen-bond acceptors (Lipinski definition) is 0. The molecule has 3 nitrogen and oxygen atoms in total. The molecule has 0 aromatic heterocycles. The smallest absolute Gasteiger partial charge is 4.00 e. The van der Waals surface area contributed by atoms with Gasteiger partial charge < -0.3 is 16.0 Å². The zero-order valence-electron chi connectivity index (χ0n) is 21.7. The van der Waals surface area contributed by atoms with Gasteiger partial charge in [0.1, 0.15) is 0 Å². The van der Waals surface area contributed by atoms with Crippen molar-refractivity contribution in [3.05, 3.63) is 40.2 Å². The number of rotatable bonds is 13. The SMILES string of the molecule is CCC[N-]CCC.CCC[N-]CCC.CCC[N-]CCC.[CH3][GeH]([CH3])[c-]1cccc1.[Zr+4]. The van der Waals surface area contributed by atoms with Crippen molar-refractivity contribution >= 4 is 18.7 Å². The van der Waals surface area contributed by atoms with E-state index in [0.717, 1.165) is 39.3 Å². The van der Waals surface area contributed by atoms with Crippen LogP contribution in [0.15, 0.2) is 24.3 Å². The van der Waals surface area contributed by atoms with Crippen molar-refractivity contribution < 1.29 is 26.2 Å². The van der Waals surface area contributed by atoms with Crippen LogP contribution in [0.1, 0.15) is 80.1 Å². The molecule has 176 valence electrons. The van der Waals surface area contributed by atoms with Crippen molar-refractivity contribution in [2.75, 3.05) is 39.3 Å². The van der Waals surface area contributed by atoms with Crippen LogP contribution in [0, 0.1) is 0 Å². The van der Waals surface area contributed by atoms with Gasteiger partial charge in [-0.25, -0.2) is 0 Å². The Kier molecular flexibility index (Phi) is 46.8. The Morgan fingerprint density at radius 1 is 0.533 bits per heavy atom. The summed E-state index contributed by atoms with van der Waals surface area (Å²) in [5, 5.41) is 12.6. The predicted octanol–water partition coefficient (Wildman–Crippen LogP) is 7.64. The molecule has 0 heterocycles. The predicted molar refractivity (Wildman–Crippen MR) is 142 cm³/mol. The molecule has 1 aromatic carbocycles. The Bertz CT molecular complexity index is 310. The third-order valence-corrected chi connectivity index (χ3v) is 7.25. The van der Waals surface area contributed by atoms with E-state index < -0.39 is 14.3 Å². The van der Waals surface area contributed by atoms with E-state index in [2.05, 4.69) is 93.3 Å². The second kappa shape index (κ2) is 37.0. The zero-order valence-corrected chi connectivity index (χ0v) is 26.6. The number of hydrogen-bond donors (Lipinski definition) is 0. The molecule has 0 atom stereocenters. The van der Waals surface area contributed by atoms with E-state index in [-0.39, 0.29) is 26.2 Å². The Hall–Kier alpha value is 0.656. The van der Waals surface area contributed by atoms with E-state index in [1.807, 2.05) is 0 Å². The Labute approximate surface area is 214 Å². The topological polar surface area (TPSA) is 42.3 Å². The first-order valence-corrected chi connectivity index (χ1v) is 18.2. The Balaban J connectivity index is -0.000000149. The van der Waals surface area contributed by atoms with Gasteiger partial charge in [0.15, 0.2) is 0 Å². The molecular weight excluding hydrogens is 506 g/mol. The molecule has 0 bridgehead atoms. The van der Waals surface area contributed by atoms with Gasteiger partial charge >= 0.3 is 80.7 Å². The zero-order chi connectivity index (χ0) is 22.6. The molecule has 0 aliphatic heterocycles. The molecule has 0 saturated carbocycles. The molecule has 1 rings (SSSR count). The minimum absolute atomic E-state index is 0. The van der Waals surface area contributed by atoms with Crippen LogP contribution in [0.3, 0.4) is 0 Å². The summed E-state index contributed by atoms with van der Waals surface area (Å²) in [7, 11) is 0. The molecule has 0 spiro atoms. The van der Waals surface area contributed by atoms with Gasteiger partial charge in [0.05, 0.1) is 0 Å². The summed E-state index contributed by atoms with van der Waals surface area (Å²) in [6.07, 6.45) is 7.17. The normalized spacial score (nSPS) is 9.37. The summed E-state index contributed by atoms with van der Waals surface area (Å²) in [4.78, 5) is 0. The monoisotopic (exact) mass is 559 g/mol. The molecule has 0 aliphatic rings. The second-order valence-electron chi connectivity index (χ2n) is 7.39. The van der Waals surface area contributed by atoms with Gasteiger partial charge in [-0.15, -0.1) is 39.3 Å². The quantitative estimate of drug-likeness (QED) is 0.135. The first-order chi connectivity index (χ1) is 14.0. The van der Waals surface area contributed by atoms with Gasteiger partial charge in [0, 0.05) is 0 Å². The van der Waals surface area contributed by atoms with Crippen LogP contribution in [0.25, 0.3) is 16.0 Å². The first kappa shape index (κ1) is 37.9. The Morgan fingerprint density at radius 3 is 0.900 bits per heavy atom. The maximum atomic E-state index is 4.21. The van der Waals surface area contributed by atoms with Crippen LogP contribution < -0.4 is 4.40 Å². The van der Waals surface area contributed by atoms with Gasteiger partial charge in [-0.05, 0) is 0 Å². The van der Waals surface area contributed by atoms with E-state index in [0.29, 0.717) is 0 Å². The summed E-state index contributed by atoms with van der Waals surface area (Å²) < 4.78 is 1.62. The summed E-state index contributed by atoms with van der Waals surface area (Å²) >= 11 is -0.888.